The third-order valence-electron chi connectivity index (χ3n) is 1.02. The lowest BCUT2D eigenvalue weighted by atomic mass is 10.2. The maximum absolute atomic E-state index is 9.00. The molecule has 0 fully saturated rings. The van der Waals surface area contributed by atoms with Gasteiger partial charge < -0.3 is 5.11 Å². The Morgan fingerprint density at radius 1 is 1.33 bits per heavy atom. The molecular formula is C5H9Cl3O. The van der Waals surface area contributed by atoms with Gasteiger partial charge in [-0.15, -0.1) is 34.8 Å². The van der Waals surface area contributed by atoms with Crippen molar-refractivity contribution < 1.29 is 5.11 Å². The Labute approximate surface area is 69.9 Å². The molecule has 56 valence electrons. The van der Waals surface area contributed by atoms with Crippen LogP contribution < -0.4 is 0 Å². The Hall–Kier alpha value is 0.830. The molecule has 1 nitrogen and oxygen atoms in total. The monoisotopic (exact) mass is 190 g/mol. The summed E-state index contributed by atoms with van der Waals surface area (Å²) in [5.74, 6) is 0. The average Bonchev–Trinajstić information content (AvgIpc) is 1.84. The minimum Gasteiger partial charge on any atom is -0.389 e. The largest absolute Gasteiger partial charge is 0.389 e. The van der Waals surface area contributed by atoms with Crippen molar-refractivity contribution in [1.82, 2.24) is 0 Å². The summed E-state index contributed by atoms with van der Waals surface area (Å²) in [5, 5.41) is 8.66. The molecule has 0 aromatic rings. The predicted molar refractivity (Wildman–Crippen MR) is 41.4 cm³/mol. The molecule has 0 aliphatic carbocycles. The summed E-state index contributed by atoms with van der Waals surface area (Å²) >= 11 is 16.3. The number of hydrogen-bond donors (Lipinski definition) is 1. The van der Waals surface area contributed by atoms with Gasteiger partial charge in [0, 0.05) is 0 Å². The SMILES string of the molecule is CCC(Cl)C(O)C(Cl)Cl. The zero-order chi connectivity index (χ0) is 7.44. The normalized spacial score (nSPS) is 18.0. The second-order valence-corrected chi connectivity index (χ2v) is 3.47. The first kappa shape index (κ1) is 9.83. The van der Waals surface area contributed by atoms with Crippen molar-refractivity contribution in [1.29, 1.82) is 0 Å². The number of rotatable bonds is 3. The fourth-order valence-corrected chi connectivity index (χ4v) is 1.04. The van der Waals surface area contributed by atoms with Crippen molar-refractivity contribution in [3.63, 3.8) is 0 Å². The highest BCUT2D eigenvalue weighted by Gasteiger charge is 2.20. The van der Waals surface area contributed by atoms with Crippen LogP contribution in [0.4, 0.5) is 0 Å². The van der Waals surface area contributed by atoms with Crippen LogP contribution in [0.1, 0.15) is 13.3 Å². The Morgan fingerprint density at radius 3 is 1.89 bits per heavy atom. The summed E-state index contributed by atoms with van der Waals surface area (Å²) in [4.78, 5) is -0.785. The molecule has 0 spiro atoms. The fraction of sp³-hybridized carbons (Fsp3) is 1.00. The van der Waals surface area contributed by atoms with E-state index in [4.69, 9.17) is 39.9 Å². The number of halogens is 3. The second kappa shape index (κ2) is 4.62. The summed E-state index contributed by atoms with van der Waals surface area (Å²) in [7, 11) is 0. The number of aliphatic hydroxyl groups is 1. The molecule has 1 N–H and O–H groups in total. The van der Waals surface area contributed by atoms with Gasteiger partial charge in [0.2, 0.25) is 0 Å². The average molecular weight is 191 g/mol. The highest BCUT2D eigenvalue weighted by atomic mass is 35.5. The molecule has 0 bridgehead atoms. The van der Waals surface area contributed by atoms with Crippen molar-refractivity contribution >= 4 is 34.8 Å². The van der Waals surface area contributed by atoms with Gasteiger partial charge in [0.05, 0.1) is 5.38 Å². The summed E-state index contributed by atoms with van der Waals surface area (Å²) < 4.78 is 0. The predicted octanol–water partition coefficient (Wildman–Crippen LogP) is 2.17. The van der Waals surface area contributed by atoms with Crippen LogP contribution in [0.25, 0.3) is 0 Å². The van der Waals surface area contributed by atoms with Gasteiger partial charge >= 0.3 is 0 Å². The van der Waals surface area contributed by atoms with E-state index < -0.39 is 10.9 Å². The number of hydrogen-bond acceptors (Lipinski definition) is 1. The van der Waals surface area contributed by atoms with E-state index in [-0.39, 0.29) is 5.38 Å². The highest BCUT2D eigenvalue weighted by molar-refractivity contribution is 6.45. The molecule has 0 rings (SSSR count). The number of alkyl halides is 3. The zero-order valence-electron chi connectivity index (χ0n) is 5.02. The van der Waals surface area contributed by atoms with Crippen molar-refractivity contribution in [3.8, 4) is 0 Å². The van der Waals surface area contributed by atoms with Gasteiger partial charge in [0.1, 0.15) is 10.9 Å². The molecule has 0 radical (unpaired) electrons. The van der Waals surface area contributed by atoms with Gasteiger partial charge in [0.25, 0.3) is 0 Å². The Balaban J connectivity index is 3.58. The van der Waals surface area contributed by atoms with Crippen LogP contribution in [0.3, 0.4) is 0 Å². The quantitative estimate of drug-likeness (QED) is 0.678. The van der Waals surface area contributed by atoms with Crippen LogP contribution in [-0.4, -0.2) is 21.4 Å². The van der Waals surface area contributed by atoms with Crippen molar-refractivity contribution in [2.24, 2.45) is 0 Å². The van der Waals surface area contributed by atoms with Crippen LogP contribution in [0.5, 0.6) is 0 Å². The van der Waals surface area contributed by atoms with Crippen molar-refractivity contribution in [3.05, 3.63) is 0 Å². The molecule has 4 heteroatoms. The Morgan fingerprint density at radius 2 is 1.78 bits per heavy atom. The van der Waals surface area contributed by atoms with Gasteiger partial charge in [-0.05, 0) is 6.42 Å². The lowest BCUT2D eigenvalue weighted by molar-refractivity contribution is 0.181. The molecule has 0 aromatic heterocycles. The molecule has 0 saturated carbocycles. The maximum Gasteiger partial charge on any atom is 0.135 e. The molecule has 0 saturated heterocycles. The van der Waals surface area contributed by atoms with E-state index in [1.165, 1.54) is 0 Å². The molecule has 2 unspecified atom stereocenters. The van der Waals surface area contributed by atoms with E-state index in [9.17, 15) is 0 Å². The third-order valence-corrected chi connectivity index (χ3v) is 2.10. The first-order chi connectivity index (χ1) is 4.09. The van der Waals surface area contributed by atoms with Crippen molar-refractivity contribution in [2.75, 3.05) is 0 Å². The summed E-state index contributed by atoms with van der Waals surface area (Å²) in [6.45, 7) is 1.86. The Kier molecular flexibility index (Phi) is 5.04. The van der Waals surface area contributed by atoms with Gasteiger partial charge in [-0.3, -0.25) is 0 Å². The van der Waals surface area contributed by atoms with Crippen LogP contribution in [0.15, 0.2) is 0 Å². The van der Waals surface area contributed by atoms with E-state index in [1.54, 1.807) is 0 Å². The van der Waals surface area contributed by atoms with Crippen LogP contribution in [0.2, 0.25) is 0 Å². The molecule has 9 heavy (non-hydrogen) atoms. The minimum atomic E-state index is -0.819. The van der Waals surface area contributed by atoms with Crippen LogP contribution in [0, 0.1) is 0 Å². The summed E-state index contributed by atoms with van der Waals surface area (Å²) in [5.41, 5.74) is 0. The van der Waals surface area contributed by atoms with Crippen LogP contribution >= 0.6 is 34.8 Å². The molecule has 0 aliphatic rings. The van der Waals surface area contributed by atoms with E-state index in [0.29, 0.717) is 6.42 Å². The van der Waals surface area contributed by atoms with E-state index in [2.05, 4.69) is 0 Å². The van der Waals surface area contributed by atoms with Crippen LogP contribution in [-0.2, 0) is 0 Å². The van der Waals surface area contributed by atoms with Gasteiger partial charge in [-0.2, -0.15) is 0 Å². The number of aliphatic hydroxyl groups excluding tert-OH is 1. The maximum atomic E-state index is 9.00. The van der Waals surface area contributed by atoms with E-state index >= 15 is 0 Å². The van der Waals surface area contributed by atoms with E-state index in [0.717, 1.165) is 0 Å². The van der Waals surface area contributed by atoms with E-state index in [1.807, 2.05) is 6.92 Å². The summed E-state index contributed by atoms with van der Waals surface area (Å²) in [6, 6.07) is 0. The fourth-order valence-electron chi connectivity index (χ4n) is 0.399. The summed E-state index contributed by atoms with van der Waals surface area (Å²) in [6.07, 6.45) is -0.154. The smallest absolute Gasteiger partial charge is 0.135 e. The lowest BCUT2D eigenvalue weighted by Crippen LogP contribution is -2.26. The van der Waals surface area contributed by atoms with Gasteiger partial charge in [-0.1, -0.05) is 6.92 Å². The first-order valence-corrected chi connectivity index (χ1v) is 4.00. The topological polar surface area (TPSA) is 20.2 Å². The zero-order valence-corrected chi connectivity index (χ0v) is 7.29. The highest BCUT2D eigenvalue weighted by Crippen LogP contribution is 2.17. The second-order valence-electron chi connectivity index (χ2n) is 1.75. The molecule has 0 heterocycles. The Bertz CT molecular complexity index is 76.6. The molecule has 0 aromatic carbocycles. The third kappa shape index (κ3) is 3.51. The molecule has 0 aliphatic heterocycles. The minimum absolute atomic E-state index is 0.343. The first-order valence-electron chi connectivity index (χ1n) is 2.69. The lowest BCUT2D eigenvalue weighted by Gasteiger charge is -2.14. The van der Waals surface area contributed by atoms with Gasteiger partial charge in [-0.25, -0.2) is 0 Å². The van der Waals surface area contributed by atoms with Crippen molar-refractivity contribution in [2.45, 2.75) is 29.7 Å². The molecular weight excluding hydrogens is 182 g/mol. The van der Waals surface area contributed by atoms with Gasteiger partial charge in [0.15, 0.2) is 0 Å². The molecule has 2 atom stereocenters. The standard InChI is InChI=1S/C5H9Cl3O/c1-2-3(6)4(9)5(7)8/h3-5,9H,2H2,1H3. The molecule has 0 amide bonds.